The van der Waals surface area contributed by atoms with Gasteiger partial charge in [-0.05, 0) is 19.8 Å². The van der Waals surface area contributed by atoms with Crippen LogP contribution in [-0.2, 0) is 4.74 Å². The quantitative estimate of drug-likeness (QED) is 0.698. The number of aliphatic hydroxyl groups excluding tert-OH is 1. The first kappa shape index (κ1) is 13.9. The first-order valence-corrected chi connectivity index (χ1v) is 6.08. The van der Waals surface area contributed by atoms with Crippen LogP contribution < -0.4 is 0 Å². The van der Waals surface area contributed by atoms with Gasteiger partial charge >= 0.3 is 0 Å². The summed E-state index contributed by atoms with van der Waals surface area (Å²) in [5.41, 5.74) is -0.557. The Hall–Kier alpha value is -0.160. The summed E-state index contributed by atoms with van der Waals surface area (Å²) in [6.07, 6.45) is -0.308. The average molecular weight is 231 g/mol. The van der Waals surface area contributed by atoms with Crippen LogP contribution in [0.3, 0.4) is 0 Å². The predicted octanol–water partition coefficient (Wildman–Crippen LogP) is 0.475. The first-order valence-electron chi connectivity index (χ1n) is 6.08. The van der Waals surface area contributed by atoms with Crippen LogP contribution in [0.15, 0.2) is 0 Å². The molecule has 0 spiro atoms. The zero-order valence-corrected chi connectivity index (χ0v) is 10.8. The van der Waals surface area contributed by atoms with E-state index in [2.05, 4.69) is 4.90 Å². The highest BCUT2D eigenvalue weighted by atomic mass is 16.5. The van der Waals surface area contributed by atoms with E-state index in [1.165, 1.54) is 0 Å². The van der Waals surface area contributed by atoms with Crippen LogP contribution in [0.2, 0.25) is 0 Å². The molecule has 0 aromatic heterocycles. The SMILES string of the molecule is CC(C)OCC(O)CN1CC(O)(C(C)C)C1. The molecule has 1 fully saturated rings. The van der Waals surface area contributed by atoms with E-state index in [1.54, 1.807) is 0 Å². The van der Waals surface area contributed by atoms with E-state index >= 15 is 0 Å². The van der Waals surface area contributed by atoms with Crippen LogP contribution in [0, 0.1) is 5.92 Å². The van der Waals surface area contributed by atoms with Gasteiger partial charge in [0.25, 0.3) is 0 Å². The molecule has 0 bridgehead atoms. The minimum atomic E-state index is -0.557. The van der Waals surface area contributed by atoms with Crippen molar-refractivity contribution in [3.8, 4) is 0 Å². The van der Waals surface area contributed by atoms with E-state index in [1.807, 2.05) is 27.7 Å². The number of aliphatic hydroxyl groups is 2. The molecule has 0 aromatic rings. The predicted molar refractivity (Wildman–Crippen MR) is 63.3 cm³/mol. The molecule has 0 radical (unpaired) electrons. The highest BCUT2D eigenvalue weighted by Gasteiger charge is 2.43. The molecule has 1 aliphatic rings. The molecule has 4 nitrogen and oxygen atoms in total. The van der Waals surface area contributed by atoms with Crippen molar-refractivity contribution in [3.05, 3.63) is 0 Å². The van der Waals surface area contributed by atoms with E-state index in [0.29, 0.717) is 26.2 Å². The maximum absolute atomic E-state index is 10.0. The van der Waals surface area contributed by atoms with Crippen LogP contribution in [0.5, 0.6) is 0 Å². The Labute approximate surface area is 98.2 Å². The van der Waals surface area contributed by atoms with Gasteiger partial charge in [-0.1, -0.05) is 13.8 Å². The molecule has 0 saturated carbocycles. The fourth-order valence-corrected chi connectivity index (χ4v) is 1.88. The van der Waals surface area contributed by atoms with Gasteiger partial charge in [-0.15, -0.1) is 0 Å². The van der Waals surface area contributed by atoms with Gasteiger partial charge in [0.15, 0.2) is 0 Å². The van der Waals surface area contributed by atoms with Gasteiger partial charge in [0.05, 0.1) is 24.4 Å². The lowest BCUT2D eigenvalue weighted by Gasteiger charge is -2.49. The average Bonchev–Trinajstić information content (AvgIpc) is 2.11. The molecule has 0 aliphatic carbocycles. The minimum Gasteiger partial charge on any atom is -0.389 e. The lowest BCUT2D eigenvalue weighted by atomic mass is 9.83. The highest BCUT2D eigenvalue weighted by molar-refractivity contribution is 4.98. The van der Waals surface area contributed by atoms with Crippen molar-refractivity contribution in [3.63, 3.8) is 0 Å². The number of hydrogen-bond donors (Lipinski definition) is 2. The minimum absolute atomic E-state index is 0.152. The lowest BCUT2D eigenvalue weighted by Crippen LogP contribution is -2.65. The normalized spacial score (nSPS) is 22.5. The molecule has 0 amide bonds. The van der Waals surface area contributed by atoms with Gasteiger partial charge < -0.3 is 14.9 Å². The second-order valence-electron chi connectivity index (χ2n) is 5.46. The number of nitrogens with zero attached hydrogens (tertiary/aromatic N) is 1. The topological polar surface area (TPSA) is 52.9 Å². The Bertz CT molecular complexity index is 212. The van der Waals surface area contributed by atoms with Crippen LogP contribution in [-0.4, -0.2) is 59.2 Å². The molecule has 96 valence electrons. The molecule has 2 N–H and O–H groups in total. The van der Waals surface area contributed by atoms with Gasteiger partial charge in [-0.2, -0.15) is 0 Å². The van der Waals surface area contributed by atoms with E-state index in [0.717, 1.165) is 0 Å². The number of likely N-dealkylation sites (tertiary alicyclic amines) is 1. The smallest absolute Gasteiger partial charge is 0.0922 e. The van der Waals surface area contributed by atoms with E-state index in [4.69, 9.17) is 4.74 Å². The zero-order valence-electron chi connectivity index (χ0n) is 10.8. The summed E-state index contributed by atoms with van der Waals surface area (Å²) in [4.78, 5) is 2.06. The third-order valence-corrected chi connectivity index (χ3v) is 3.16. The van der Waals surface area contributed by atoms with Crippen molar-refractivity contribution in [2.45, 2.75) is 45.5 Å². The fourth-order valence-electron chi connectivity index (χ4n) is 1.88. The highest BCUT2D eigenvalue weighted by Crippen LogP contribution is 2.28. The van der Waals surface area contributed by atoms with E-state index in [-0.39, 0.29) is 12.0 Å². The Morgan fingerprint density at radius 2 is 1.81 bits per heavy atom. The molecule has 1 aliphatic heterocycles. The molecule has 1 atom stereocenters. The Balaban J connectivity index is 2.17. The largest absolute Gasteiger partial charge is 0.389 e. The molecule has 1 heterocycles. The van der Waals surface area contributed by atoms with Crippen LogP contribution in [0.1, 0.15) is 27.7 Å². The molecule has 4 heteroatoms. The fraction of sp³-hybridized carbons (Fsp3) is 1.00. The number of hydrogen-bond acceptors (Lipinski definition) is 4. The number of β-amino-alcohol motifs (C(OH)–C–C–N with tert-alkyl or cyclic N) is 2. The van der Waals surface area contributed by atoms with Crippen molar-refractivity contribution in [1.82, 2.24) is 4.90 Å². The first-order chi connectivity index (χ1) is 7.33. The second-order valence-corrected chi connectivity index (χ2v) is 5.46. The summed E-state index contributed by atoms with van der Waals surface area (Å²) < 4.78 is 5.33. The summed E-state index contributed by atoms with van der Waals surface area (Å²) in [6.45, 7) is 10.2. The summed E-state index contributed by atoms with van der Waals surface area (Å²) in [6, 6.07) is 0. The summed E-state index contributed by atoms with van der Waals surface area (Å²) in [5, 5.41) is 19.7. The molecule has 16 heavy (non-hydrogen) atoms. The Morgan fingerprint density at radius 1 is 1.25 bits per heavy atom. The second kappa shape index (κ2) is 5.45. The lowest BCUT2D eigenvalue weighted by molar-refractivity contribution is -0.140. The van der Waals surface area contributed by atoms with Crippen LogP contribution in [0.25, 0.3) is 0 Å². The summed E-state index contributed by atoms with van der Waals surface area (Å²) >= 11 is 0. The Kier molecular flexibility index (Phi) is 4.73. The van der Waals surface area contributed by atoms with Gasteiger partial charge in [-0.25, -0.2) is 0 Å². The Morgan fingerprint density at radius 3 is 2.25 bits per heavy atom. The van der Waals surface area contributed by atoms with Gasteiger partial charge in [0.2, 0.25) is 0 Å². The maximum atomic E-state index is 10.0. The molecular weight excluding hydrogens is 206 g/mol. The van der Waals surface area contributed by atoms with Gasteiger partial charge in [-0.3, -0.25) is 4.90 Å². The third-order valence-electron chi connectivity index (χ3n) is 3.16. The zero-order chi connectivity index (χ0) is 12.3. The molecule has 1 saturated heterocycles. The molecule has 1 unspecified atom stereocenters. The van der Waals surface area contributed by atoms with Gasteiger partial charge in [0, 0.05) is 19.6 Å². The van der Waals surface area contributed by atoms with Crippen molar-refractivity contribution in [2.24, 2.45) is 5.92 Å². The van der Waals surface area contributed by atoms with Crippen LogP contribution >= 0.6 is 0 Å². The van der Waals surface area contributed by atoms with Crippen molar-refractivity contribution in [2.75, 3.05) is 26.2 Å². The number of ether oxygens (including phenoxy) is 1. The maximum Gasteiger partial charge on any atom is 0.0922 e. The van der Waals surface area contributed by atoms with Crippen molar-refractivity contribution < 1.29 is 14.9 Å². The van der Waals surface area contributed by atoms with Crippen molar-refractivity contribution in [1.29, 1.82) is 0 Å². The summed E-state index contributed by atoms with van der Waals surface area (Å²) in [5.74, 6) is 0.271. The summed E-state index contributed by atoms with van der Waals surface area (Å²) in [7, 11) is 0. The third kappa shape index (κ3) is 3.70. The number of rotatable bonds is 6. The monoisotopic (exact) mass is 231 g/mol. The van der Waals surface area contributed by atoms with E-state index < -0.39 is 11.7 Å². The van der Waals surface area contributed by atoms with Crippen LogP contribution in [0.4, 0.5) is 0 Å². The van der Waals surface area contributed by atoms with Crippen molar-refractivity contribution >= 4 is 0 Å². The molecule has 1 rings (SSSR count). The molecular formula is C12H25NO3. The van der Waals surface area contributed by atoms with E-state index in [9.17, 15) is 10.2 Å². The van der Waals surface area contributed by atoms with Gasteiger partial charge in [0.1, 0.15) is 0 Å². The standard InChI is InChI=1S/C12H25NO3/c1-9(2)12(15)7-13(8-12)5-11(14)6-16-10(3)4/h9-11,14-15H,5-8H2,1-4H3. The molecule has 0 aromatic carbocycles.